The molecule has 4 bridgehead atoms. The quantitative estimate of drug-likeness (QED) is 0.0629. The summed E-state index contributed by atoms with van der Waals surface area (Å²) in [6, 6.07) is 61.3. The van der Waals surface area contributed by atoms with Gasteiger partial charge < -0.3 is 57.9 Å². The summed E-state index contributed by atoms with van der Waals surface area (Å²) < 4.78 is 8.47. The van der Waals surface area contributed by atoms with E-state index in [0.717, 1.165) is 110 Å². The van der Waals surface area contributed by atoms with Crippen LogP contribution in [0.2, 0.25) is 0 Å². The van der Waals surface area contributed by atoms with Crippen LogP contribution in [0.3, 0.4) is 0 Å². The summed E-state index contributed by atoms with van der Waals surface area (Å²) >= 11 is 0. The molecular weight excluding hydrogens is 1110 g/mol. The van der Waals surface area contributed by atoms with Crippen molar-refractivity contribution in [3.8, 4) is 5.75 Å². The number of benzene rings is 7. The minimum absolute atomic E-state index is 0. The Labute approximate surface area is 474 Å². The van der Waals surface area contributed by atoms with Crippen molar-refractivity contribution < 1.29 is 57.9 Å². The first-order chi connectivity index (χ1) is 34.7. The van der Waals surface area contributed by atoms with Gasteiger partial charge in [-0.2, -0.15) is 0 Å². The highest BCUT2D eigenvalue weighted by molar-refractivity contribution is 8.93. The third-order valence-corrected chi connectivity index (χ3v) is 18.7. The van der Waals surface area contributed by atoms with Crippen LogP contribution < -0.4 is 38.7 Å². The van der Waals surface area contributed by atoms with Gasteiger partial charge in [0.1, 0.15) is 17.0 Å². The van der Waals surface area contributed by atoms with Gasteiger partial charge in [-0.05, 0) is 80.9 Å². The van der Waals surface area contributed by atoms with Crippen molar-refractivity contribution in [2.45, 2.75) is 108 Å². The third-order valence-electron chi connectivity index (χ3n) is 18.7. The second kappa shape index (κ2) is 25.5. The van der Waals surface area contributed by atoms with Gasteiger partial charge in [-0.1, -0.05) is 191 Å². The molecule has 0 saturated carbocycles. The highest BCUT2D eigenvalue weighted by Gasteiger charge is 2.61. The number of rotatable bonds is 19. The Balaban J connectivity index is 0.000000214. The molecule has 0 atom stereocenters. The number of unbranched alkanes of at least 4 members (excludes halogenated alkanes) is 6. The normalized spacial score (nSPS) is 22.9. The second-order valence-corrected chi connectivity index (χ2v) is 22.4. The minimum atomic E-state index is -1.05. The molecule has 13 rings (SSSR count). The van der Waals surface area contributed by atoms with Gasteiger partial charge in [0.15, 0.2) is 0 Å². The number of ether oxygens (including phenoxy) is 1. The highest BCUT2D eigenvalue weighted by Crippen LogP contribution is 2.59. The number of halogens is 3. The molecule has 6 saturated heterocycles. The van der Waals surface area contributed by atoms with Crippen molar-refractivity contribution in [2.75, 3.05) is 59.0 Å². The zero-order valence-corrected chi connectivity index (χ0v) is 48.8. The number of hydrogen-bond acceptors (Lipinski definition) is 3. The van der Waals surface area contributed by atoms with E-state index in [1.54, 1.807) is 0 Å². The predicted molar refractivity (Wildman–Crippen MR) is 304 cm³/mol. The molecule has 0 amide bonds. The van der Waals surface area contributed by atoms with E-state index < -0.39 is 11.2 Å². The standard InChI is InChI=1S/C37H38NO2.C29H42NO.3BrH/c39-37(33-17-15-29-9-4-6-11-31(29)27-33,34-18-16-30-10-5-7-12-32(30)28-34)36-19-23-38(24-20-36,25-21-36)22-8-26-40-35-13-2-1-3-14-35;1-2-3-4-5-6-7-14-22-30-23-19-28(20-24-30,21-25-30)29(31,26-15-10-8-11-16-26)27-17-12-9-13-18-27;;;/h1-7,9-18,27-28,39H,8,19-26H2;8-13,15-18,31H,2-7,14,19-25H2,1H3;3*1H/q2*+1;;;/p-2. The van der Waals surface area contributed by atoms with Crippen molar-refractivity contribution in [1.82, 2.24) is 0 Å². The van der Waals surface area contributed by atoms with Gasteiger partial charge in [0.2, 0.25) is 0 Å². The first kappa shape index (κ1) is 57.8. The second-order valence-electron chi connectivity index (χ2n) is 22.4. The van der Waals surface area contributed by atoms with Crippen molar-refractivity contribution in [3.05, 3.63) is 198 Å². The molecule has 7 aromatic rings. The molecule has 6 heterocycles. The fourth-order valence-corrected chi connectivity index (χ4v) is 14.1. The smallest absolute Gasteiger partial charge is 0.121 e. The number of aliphatic hydroxyl groups is 2. The SMILES string of the molecule is Br.CCCCCCCCC[N+]12CCC(C(O)(c3ccccc3)c3ccccc3)(CC1)CC2.OC(c1ccc2ccccc2c1)(c1ccc2ccccc2c1)C12CC[N+](CCCOc3ccccc3)(CC1)CC2.[Br-].[Br-]. The summed E-state index contributed by atoms with van der Waals surface area (Å²) in [6.45, 7) is 12.6. The molecule has 0 aromatic heterocycles. The van der Waals surface area contributed by atoms with E-state index in [1.165, 1.54) is 97.2 Å². The zero-order chi connectivity index (χ0) is 48.7. The van der Waals surface area contributed by atoms with Crippen LogP contribution in [-0.4, -0.2) is 78.1 Å². The van der Waals surface area contributed by atoms with Crippen LogP contribution in [-0.2, 0) is 11.2 Å². The van der Waals surface area contributed by atoms with Gasteiger partial charge >= 0.3 is 0 Å². The molecule has 74 heavy (non-hydrogen) atoms. The maximum Gasteiger partial charge on any atom is 0.121 e. The molecule has 5 nitrogen and oxygen atoms in total. The van der Waals surface area contributed by atoms with E-state index in [0.29, 0.717) is 0 Å². The Hall–Kier alpha value is -3.86. The lowest BCUT2D eigenvalue weighted by Crippen LogP contribution is -3.00. The van der Waals surface area contributed by atoms with E-state index in [-0.39, 0.29) is 61.8 Å². The maximum absolute atomic E-state index is 13.2. The molecule has 6 aliphatic heterocycles. The third kappa shape index (κ3) is 11.7. The highest BCUT2D eigenvalue weighted by atomic mass is 79.9. The van der Waals surface area contributed by atoms with Crippen molar-refractivity contribution in [1.29, 1.82) is 0 Å². The molecule has 0 unspecified atom stereocenters. The van der Waals surface area contributed by atoms with Crippen LogP contribution in [0.4, 0.5) is 0 Å². The van der Waals surface area contributed by atoms with Crippen molar-refractivity contribution in [3.63, 3.8) is 0 Å². The molecule has 0 radical (unpaired) electrons. The fraction of sp³-hybridized carbons (Fsp3) is 0.424. The van der Waals surface area contributed by atoms with Crippen LogP contribution in [0.15, 0.2) is 176 Å². The van der Waals surface area contributed by atoms with Gasteiger partial charge in [-0.3, -0.25) is 0 Å². The zero-order valence-electron chi connectivity index (χ0n) is 43.9. The molecule has 0 spiro atoms. The van der Waals surface area contributed by atoms with Gasteiger partial charge in [0.25, 0.3) is 0 Å². The van der Waals surface area contributed by atoms with E-state index in [9.17, 15) is 10.2 Å². The van der Waals surface area contributed by atoms with E-state index >= 15 is 0 Å². The minimum Gasteiger partial charge on any atom is -1.00 e. The van der Waals surface area contributed by atoms with Crippen LogP contribution in [0.1, 0.15) is 119 Å². The van der Waals surface area contributed by atoms with Crippen LogP contribution in [0.5, 0.6) is 5.75 Å². The van der Waals surface area contributed by atoms with E-state index in [1.807, 2.05) is 30.3 Å². The van der Waals surface area contributed by atoms with Gasteiger partial charge in [-0.25, -0.2) is 0 Å². The molecule has 0 aliphatic carbocycles. The molecule has 8 heteroatoms. The topological polar surface area (TPSA) is 49.7 Å². The van der Waals surface area contributed by atoms with Gasteiger partial charge in [0.05, 0.1) is 59.0 Å². The molecule has 7 aromatic carbocycles. The summed E-state index contributed by atoms with van der Waals surface area (Å²) in [5, 5.41) is 30.4. The molecular formula is C66H81Br3N2O3. The number of nitrogens with zero attached hydrogens (tertiary/aromatic N) is 2. The lowest BCUT2D eigenvalue weighted by molar-refractivity contribution is -0.946. The van der Waals surface area contributed by atoms with Crippen LogP contribution >= 0.6 is 17.0 Å². The summed E-state index contributed by atoms with van der Waals surface area (Å²) in [6.07, 6.45) is 17.3. The number of fused-ring (bicyclic) bond motifs is 8. The fourth-order valence-electron chi connectivity index (χ4n) is 14.1. The lowest BCUT2D eigenvalue weighted by atomic mass is 9.56. The van der Waals surface area contributed by atoms with E-state index in [4.69, 9.17) is 4.74 Å². The van der Waals surface area contributed by atoms with E-state index in [2.05, 4.69) is 153 Å². The van der Waals surface area contributed by atoms with Crippen LogP contribution in [0.25, 0.3) is 21.5 Å². The summed E-state index contributed by atoms with van der Waals surface area (Å²) in [7, 11) is 0. The monoisotopic (exact) mass is 1190 g/mol. The largest absolute Gasteiger partial charge is 1.00 e. The number of piperidine rings is 6. The Kier molecular flexibility index (Phi) is 20.0. The Morgan fingerprint density at radius 2 is 0.757 bits per heavy atom. The average Bonchev–Trinajstić information content (AvgIpc) is 3.45. The average molecular weight is 1190 g/mol. The van der Waals surface area contributed by atoms with Crippen LogP contribution in [0, 0.1) is 10.8 Å². The summed E-state index contributed by atoms with van der Waals surface area (Å²) in [5.41, 5.74) is 2.01. The lowest BCUT2D eigenvalue weighted by Gasteiger charge is -2.60. The first-order valence-electron chi connectivity index (χ1n) is 27.7. The van der Waals surface area contributed by atoms with Crippen molar-refractivity contribution >= 4 is 38.5 Å². The Morgan fingerprint density at radius 3 is 1.19 bits per heavy atom. The Morgan fingerprint density at radius 1 is 0.405 bits per heavy atom. The Bertz CT molecular complexity index is 2660. The number of quaternary nitrogens is 2. The molecule has 6 fully saturated rings. The molecule has 394 valence electrons. The van der Waals surface area contributed by atoms with Gasteiger partial charge in [-0.15, -0.1) is 17.0 Å². The predicted octanol–water partition coefficient (Wildman–Crippen LogP) is 8.96. The molecule has 2 N–H and O–H groups in total. The summed E-state index contributed by atoms with van der Waals surface area (Å²) in [5.74, 6) is 0.953. The summed E-state index contributed by atoms with van der Waals surface area (Å²) in [4.78, 5) is 0. The number of hydrogen-bond donors (Lipinski definition) is 2. The first-order valence-corrected chi connectivity index (χ1v) is 27.7. The maximum atomic E-state index is 13.2. The van der Waals surface area contributed by atoms with Gasteiger partial charge in [0, 0.05) is 55.8 Å². The number of para-hydroxylation sites is 1. The molecule has 6 aliphatic rings. The van der Waals surface area contributed by atoms with Crippen molar-refractivity contribution in [2.24, 2.45) is 10.8 Å².